The number of hydrogen-bond acceptors (Lipinski definition) is 4. The van der Waals surface area contributed by atoms with Crippen LogP contribution in [0.15, 0.2) is 23.0 Å². The van der Waals surface area contributed by atoms with Gasteiger partial charge in [0.1, 0.15) is 5.69 Å². The Labute approximate surface area is 110 Å². The summed E-state index contributed by atoms with van der Waals surface area (Å²) in [5.41, 5.74) is 1.59. The molecule has 2 aromatic rings. The first kappa shape index (κ1) is 12.8. The number of thiophene rings is 1. The molecule has 5 heteroatoms. The van der Waals surface area contributed by atoms with Gasteiger partial charge in [0.2, 0.25) is 0 Å². The minimum Gasteiger partial charge on any atom is -0.493 e. The summed E-state index contributed by atoms with van der Waals surface area (Å²) in [6.07, 6.45) is 1.99. The molecule has 4 nitrogen and oxygen atoms in total. The van der Waals surface area contributed by atoms with Crippen LogP contribution in [-0.4, -0.2) is 22.7 Å². The summed E-state index contributed by atoms with van der Waals surface area (Å²) >= 11 is 1.59. The summed E-state index contributed by atoms with van der Waals surface area (Å²) < 4.78 is 6.93. The second-order valence-corrected chi connectivity index (χ2v) is 5.11. The highest BCUT2D eigenvalue weighted by molar-refractivity contribution is 7.08. The van der Waals surface area contributed by atoms with E-state index < -0.39 is 0 Å². The number of rotatable bonds is 5. The van der Waals surface area contributed by atoms with Gasteiger partial charge in [-0.2, -0.15) is 16.4 Å². The quantitative estimate of drug-likeness (QED) is 0.780. The van der Waals surface area contributed by atoms with Gasteiger partial charge in [0.15, 0.2) is 11.5 Å². The van der Waals surface area contributed by atoms with Crippen LogP contribution in [0.5, 0.6) is 5.75 Å². The molecule has 2 aromatic heterocycles. The standard InChI is InChI=1S/C13H16N2O2S/c1-9(2)15-13(12(17-3)7-14-15)11(16)6-10-4-5-18-8-10/h4-5,7-9H,6H2,1-3H3. The molecule has 0 aliphatic rings. The SMILES string of the molecule is COc1cnn(C(C)C)c1C(=O)Cc1ccsc1. The van der Waals surface area contributed by atoms with Gasteiger partial charge in [-0.15, -0.1) is 0 Å². The highest BCUT2D eigenvalue weighted by Gasteiger charge is 2.21. The third-order valence-corrected chi connectivity index (χ3v) is 3.41. The van der Waals surface area contributed by atoms with Crippen LogP contribution in [0.4, 0.5) is 0 Å². The van der Waals surface area contributed by atoms with Crippen molar-refractivity contribution in [1.82, 2.24) is 9.78 Å². The van der Waals surface area contributed by atoms with Crippen LogP contribution in [0, 0.1) is 0 Å². The number of ether oxygens (including phenoxy) is 1. The van der Waals surface area contributed by atoms with E-state index in [1.165, 1.54) is 0 Å². The molecule has 0 bridgehead atoms. The smallest absolute Gasteiger partial charge is 0.189 e. The minimum absolute atomic E-state index is 0.0384. The van der Waals surface area contributed by atoms with Crippen LogP contribution >= 0.6 is 11.3 Å². The van der Waals surface area contributed by atoms with Crippen molar-refractivity contribution in [3.05, 3.63) is 34.3 Å². The molecule has 0 fully saturated rings. The lowest BCUT2D eigenvalue weighted by atomic mass is 10.1. The van der Waals surface area contributed by atoms with Gasteiger partial charge in [0.25, 0.3) is 0 Å². The molecule has 0 aromatic carbocycles. The Balaban J connectivity index is 2.31. The molecule has 18 heavy (non-hydrogen) atoms. The lowest BCUT2D eigenvalue weighted by Crippen LogP contribution is -2.15. The van der Waals surface area contributed by atoms with Crippen molar-refractivity contribution in [3.63, 3.8) is 0 Å². The Hall–Kier alpha value is -1.62. The van der Waals surface area contributed by atoms with E-state index in [1.807, 2.05) is 30.7 Å². The van der Waals surface area contributed by atoms with E-state index in [1.54, 1.807) is 29.3 Å². The Morgan fingerprint density at radius 3 is 2.89 bits per heavy atom. The van der Waals surface area contributed by atoms with Crippen molar-refractivity contribution in [2.24, 2.45) is 0 Å². The van der Waals surface area contributed by atoms with Gasteiger partial charge in [-0.25, -0.2) is 0 Å². The highest BCUT2D eigenvalue weighted by atomic mass is 32.1. The number of aromatic nitrogens is 2. The van der Waals surface area contributed by atoms with Crippen molar-refractivity contribution in [1.29, 1.82) is 0 Å². The lowest BCUT2D eigenvalue weighted by Gasteiger charge is -2.10. The summed E-state index contributed by atoms with van der Waals surface area (Å²) in [5, 5.41) is 8.17. The van der Waals surface area contributed by atoms with Crippen molar-refractivity contribution in [2.45, 2.75) is 26.3 Å². The first-order valence-electron chi connectivity index (χ1n) is 5.79. The molecular weight excluding hydrogens is 248 g/mol. The average Bonchev–Trinajstić information content (AvgIpc) is 2.95. The van der Waals surface area contributed by atoms with Crippen molar-refractivity contribution >= 4 is 17.1 Å². The van der Waals surface area contributed by atoms with Gasteiger partial charge in [-0.3, -0.25) is 9.48 Å². The maximum absolute atomic E-state index is 12.3. The van der Waals surface area contributed by atoms with E-state index in [0.717, 1.165) is 5.56 Å². The lowest BCUT2D eigenvalue weighted by molar-refractivity contribution is 0.0978. The summed E-state index contributed by atoms with van der Waals surface area (Å²) in [4.78, 5) is 12.3. The molecule has 0 radical (unpaired) electrons. The van der Waals surface area contributed by atoms with Gasteiger partial charge < -0.3 is 4.74 Å². The number of methoxy groups -OCH3 is 1. The third-order valence-electron chi connectivity index (χ3n) is 2.68. The zero-order valence-corrected chi connectivity index (χ0v) is 11.5. The number of carbonyl (C=O) groups excluding carboxylic acids is 1. The zero-order valence-electron chi connectivity index (χ0n) is 10.7. The summed E-state index contributed by atoms with van der Waals surface area (Å²) in [5.74, 6) is 0.584. The zero-order chi connectivity index (χ0) is 13.1. The Morgan fingerprint density at radius 2 is 2.33 bits per heavy atom. The van der Waals surface area contributed by atoms with E-state index >= 15 is 0 Å². The Bertz CT molecular complexity index is 529. The first-order chi connectivity index (χ1) is 8.63. The fourth-order valence-corrected chi connectivity index (χ4v) is 2.48. The maximum Gasteiger partial charge on any atom is 0.189 e. The molecule has 0 aliphatic heterocycles. The van der Waals surface area contributed by atoms with E-state index in [9.17, 15) is 4.79 Å². The van der Waals surface area contributed by atoms with Crippen LogP contribution in [0.1, 0.15) is 35.9 Å². The fourth-order valence-electron chi connectivity index (χ4n) is 1.81. The number of carbonyl (C=O) groups is 1. The van der Waals surface area contributed by atoms with Gasteiger partial charge in [-0.1, -0.05) is 0 Å². The molecule has 0 atom stereocenters. The van der Waals surface area contributed by atoms with Gasteiger partial charge in [0, 0.05) is 12.5 Å². The summed E-state index contributed by atoms with van der Waals surface area (Å²) in [6, 6.07) is 2.10. The molecule has 2 rings (SSSR count). The van der Waals surface area contributed by atoms with Crippen LogP contribution < -0.4 is 4.74 Å². The Morgan fingerprint density at radius 1 is 1.56 bits per heavy atom. The predicted octanol–water partition coefficient (Wildman–Crippen LogP) is 2.96. The molecule has 0 amide bonds. The van der Waals surface area contributed by atoms with Gasteiger partial charge in [0.05, 0.1) is 13.3 Å². The van der Waals surface area contributed by atoms with E-state index in [0.29, 0.717) is 17.9 Å². The number of hydrogen-bond donors (Lipinski definition) is 0. The first-order valence-corrected chi connectivity index (χ1v) is 6.73. The van der Waals surface area contributed by atoms with Crippen molar-refractivity contribution < 1.29 is 9.53 Å². The van der Waals surface area contributed by atoms with Gasteiger partial charge in [-0.05, 0) is 36.2 Å². The molecule has 0 unspecified atom stereocenters. The molecule has 0 saturated heterocycles. The number of Topliss-reactive ketones (excluding diaryl/α,β-unsaturated/α-hetero) is 1. The monoisotopic (exact) mass is 264 g/mol. The Kier molecular flexibility index (Phi) is 3.81. The van der Waals surface area contributed by atoms with E-state index in [-0.39, 0.29) is 11.8 Å². The normalized spacial score (nSPS) is 10.9. The van der Waals surface area contributed by atoms with Crippen LogP contribution in [0.3, 0.4) is 0 Å². The maximum atomic E-state index is 12.3. The molecule has 96 valence electrons. The van der Waals surface area contributed by atoms with Crippen molar-refractivity contribution in [3.8, 4) is 5.75 Å². The second kappa shape index (κ2) is 5.35. The highest BCUT2D eigenvalue weighted by Crippen LogP contribution is 2.23. The summed E-state index contributed by atoms with van der Waals surface area (Å²) in [7, 11) is 1.56. The third kappa shape index (κ3) is 2.46. The van der Waals surface area contributed by atoms with Crippen molar-refractivity contribution in [2.75, 3.05) is 7.11 Å². The second-order valence-electron chi connectivity index (χ2n) is 4.33. The van der Waals surface area contributed by atoms with E-state index in [2.05, 4.69) is 5.10 Å². The molecule has 0 saturated carbocycles. The molecule has 0 N–H and O–H groups in total. The predicted molar refractivity (Wildman–Crippen MR) is 71.5 cm³/mol. The topological polar surface area (TPSA) is 44.1 Å². The summed E-state index contributed by atoms with van der Waals surface area (Å²) in [6.45, 7) is 3.99. The van der Waals surface area contributed by atoms with Gasteiger partial charge >= 0.3 is 0 Å². The van der Waals surface area contributed by atoms with E-state index in [4.69, 9.17) is 4.74 Å². The number of nitrogens with zero attached hydrogens (tertiary/aromatic N) is 2. The largest absolute Gasteiger partial charge is 0.493 e. The van der Waals surface area contributed by atoms with Crippen LogP contribution in [0.25, 0.3) is 0 Å². The fraction of sp³-hybridized carbons (Fsp3) is 0.385. The molecule has 2 heterocycles. The number of ketones is 1. The molecular formula is C13H16N2O2S. The van der Waals surface area contributed by atoms with Crippen LogP contribution in [0.2, 0.25) is 0 Å². The molecule has 0 aliphatic carbocycles. The average molecular weight is 264 g/mol. The molecule has 0 spiro atoms. The minimum atomic E-state index is 0.0384. The van der Waals surface area contributed by atoms with Crippen LogP contribution in [-0.2, 0) is 6.42 Å².